The Balaban J connectivity index is 2.49. The van der Waals surface area contributed by atoms with Gasteiger partial charge in [0, 0.05) is 31.1 Å². The SMILES string of the molecule is COCOc1cc(OC)c(C(=O)/C=C/c2ccncc2)c(O)c1CC=C(C)C. The van der Waals surface area contributed by atoms with E-state index in [0.717, 1.165) is 11.1 Å². The molecule has 0 spiro atoms. The molecule has 0 atom stereocenters. The number of aromatic hydroxyl groups is 1. The van der Waals surface area contributed by atoms with E-state index < -0.39 is 0 Å². The van der Waals surface area contributed by atoms with E-state index in [4.69, 9.17) is 14.2 Å². The third-order valence-electron chi connectivity index (χ3n) is 3.97. The number of hydrogen-bond acceptors (Lipinski definition) is 6. The molecule has 0 bridgehead atoms. The second-order valence-electron chi connectivity index (χ2n) is 6.29. The van der Waals surface area contributed by atoms with Gasteiger partial charge in [-0.05, 0) is 44.0 Å². The fourth-order valence-electron chi connectivity index (χ4n) is 2.55. The molecule has 1 heterocycles. The minimum Gasteiger partial charge on any atom is -0.507 e. The molecule has 148 valence electrons. The predicted molar refractivity (Wildman–Crippen MR) is 108 cm³/mol. The molecule has 28 heavy (non-hydrogen) atoms. The van der Waals surface area contributed by atoms with E-state index in [1.807, 2.05) is 19.9 Å². The fraction of sp³-hybridized carbons (Fsp3) is 0.273. The quantitative estimate of drug-likeness (QED) is 0.303. The summed E-state index contributed by atoms with van der Waals surface area (Å²) in [6.45, 7) is 3.93. The van der Waals surface area contributed by atoms with Gasteiger partial charge in [0.2, 0.25) is 0 Å². The Hall–Kier alpha value is -3.12. The zero-order valence-corrected chi connectivity index (χ0v) is 16.6. The maximum atomic E-state index is 12.8. The number of aromatic nitrogens is 1. The number of nitrogens with zero attached hydrogens (tertiary/aromatic N) is 1. The van der Waals surface area contributed by atoms with Crippen molar-refractivity contribution in [3.05, 3.63) is 65.0 Å². The lowest BCUT2D eigenvalue weighted by Crippen LogP contribution is -2.07. The third kappa shape index (κ3) is 5.44. The lowest BCUT2D eigenvalue weighted by Gasteiger charge is -2.17. The van der Waals surface area contributed by atoms with Gasteiger partial charge in [0.15, 0.2) is 12.6 Å². The molecule has 1 aromatic heterocycles. The van der Waals surface area contributed by atoms with E-state index in [0.29, 0.717) is 17.7 Å². The molecule has 1 N–H and O–H groups in total. The van der Waals surface area contributed by atoms with Gasteiger partial charge in [0.25, 0.3) is 0 Å². The van der Waals surface area contributed by atoms with Crippen LogP contribution in [0.3, 0.4) is 0 Å². The van der Waals surface area contributed by atoms with Crippen LogP contribution in [-0.4, -0.2) is 36.9 Å². The normalized spacial score (nSPS) is 10.7. The summed E-state index contributed by atoms with van der Waals surface area (Å²) in [4.78, 5) is 16.8. The molecule has 0 aliphatic rings. The fourth-order valence-corrected chi connectivity index (χ4v) is 2.55. The van der Waals surface area contributed by atoms with E-state index in [1.54, 1.807) is 36.7 Å². The second kappa shape index (κ2) is 10.3. The van der Waals surface area contributed by atoms with Crippen molar-refractivity contribution in [2.45, 2.75) is 20.3 Å². The van der Waals surface area contributed by atoms with Crippen molar-refractivity contribution in [3.8, 4) is 17.2 Å². The van der Waals surface area contributed by atoms with Gasteiger partial charge in [-0.25, -0.2) is 0 Å². The highest BCUT2D eigenvalue weighted by Gasteiger charge is 2.23. The van der Waals surface area contributed by atoms with Gasteiger partial charge in [0.1, 0.15) is 22.8 Å². The monoisotopic (exact) mass is 383 g/mol. The molecule has 0 saturated heterocycles. The first-order chi connectivity index (χ1) is 13.5. The topological polar surface area (TPSA) is 77.9 Å². The molecular formula is C22H25NO5. The van der Waals surface area contributed by atoms with Crippen molar-refractivity contribution in [3.63, 3.8) is 0 Å². The first-order valence-electron chi connectivity index (χ1n) is 8.78. The van der Waals surface area contributed by atoms with E-state index in [1.165, 1.54) is 20.3 Å². The molecular weight excluding hydrogens is 358 g/mol. The maximum absolute atomic E-state index is 12.8. The van der Waals surface area contributed by atoms with Gasteiger partial charge in [-0.1, -0.05) is 17.7 Å². The largest absolute Gasteiger partial charge is 0.507 e. The number of ether oxygens (including phenoxy) is 3. The maximum Gasteiger partial charge on any atom is 0.193 e. The first kappa shape index (κ1) is 21.2. The summed E-state index contributed by atoms with van der Waals surface area (Å²) in [5, 5.41) is 10.9. The van der Waals surface area contributed by atoms with Gasteiger partial charge >= 0.3 is 0 Å². The van der Waals surface area contributed by atoms with Crippen LogP contribution in [0.25, 0.3) is 6.08 Å². The lowest BCUT2D eigenvalue weighted by atomic mass is 9.99. The Bertz CT molecular complexity index is 868. The standard InChI is InChI=1S/C22H25NO5/c1-15(2)5-7-17-19(28-14-26-3)13-20(27-4)21(22(17)25)18(24)8-6-16-9-11-23-12-10-16/h5-6,8-13,25H,7,14H2,1-4H3/b8-6+. The molecule has 2 rings (SSSR count). The van der Waals surface area contributed by atoms with Crippen molar-refractivity contribution < 1.29 is 24.1 Å². The number of phenolic OH excluding ortho intramolecular Hbond substituents is 1. The molecule has 6 nitrogen and oxygen atoms in total. The van der Waals surface area contributed by atoms with E-state index >= 15 is 0 Å². The number of rotatable bonds is 9. The molecule has 6 heteroatoms. The van der Waals surface area contributed by atoms with Gasteiger partial charge < -0.3 is 19.3 Å². The number of pyridine rings is 1. The van der Waals surface area contributed by atoms with Gasteiger partial charge in [-0.15, -0.1) is 0 Å². The van der Waals surface area contributed by atoms with Crippen molar-refractivity contribution in [1.82, 2.24) is 4.98 Å². The summed E-state index contributed by atoms with van der Waals surface area (Å²) in [5.41, 5.74) is 2.50. The van der Waals surface area contributed by atoms with E-state index in [2.05, 4.69) is 4.98 Å². The molecule has 0 unspecified atom stereocenters. The van der Waals surface area contributed by atoms with Gasteiger partial charge in [0.05, 0.1) is 7.11 Å². The highest BCUT2D eigenvalue weighted by atomic mass is 16.7. The number of methoxy groups -OCH3 is 2. The average Bonchev–Trinajstić information content (AvgIpc) is 2.69. The summed E-state index contributed by atoms with van der Waals surface area (Å²) < 4.78 is 15.9. The van der Waals surface area contributed by atoms with Crippen LogP contribution < -0.4 is 9.47 Å². The first-order valence-corrected chi connectivity index (χ1v) is 8.78. The smallest absolute Gasteiger partial charge is 0.193 e. The third-order valence-corrected chi connectivity index (χ3v) is 3.97. The lowest BCUT2D eigenvalue weighted by molar-refractivity contribution is 0.0502. The van der Waals surface area contributed by atoms with Crippen LogP contribution in [-0.2, 0) is 11.2 Å². The molecule has 0 aliphatic heterocycles. The number of ketones is 1. The van der Waals surface area contributed by atoms with Crippen LogP contribution in [0.2, 0.25) is 0 Å². The molecule has 2 aromatic rings. The number of benzene rings is 1. The van der Waals surface area contributed by atoms with Gasteiger partial charge in [-0.3, -0.25) is 9.78 Å². The number of carbonyl (C=O) groups excluding carboxylic acids is 1. The zero-order valence-electron chi connectivity index (χ0n) is 16.6. The van der Waals surface area contributed by atoms with Crippen LogP contribution >= 0.6 is 0 Å². The molecule has 0 saturated carbocycles. The Kier molecular flexibility index (Phi) is 7.77. The second-order valence-corrected chi connectivity index (χ2v) is 6.29. The summed E-state index contributed by atoms with van der Waals surface area (Å²) in [6.07, 6.45) is 8.69. The Labute approximate surface area is 165 Å². The van der Waals surface area contributed by atoms with E-state index in [9.17, 15) is 9.90 Å². The summed E-state index contributed by atoms with van der Waals surface area (Å²) in [5.74, 6) is 0.104. The molecule has 0 aliphatic carbocycles. The van der Waals surface area contributed by atoms with Crippen molar-refractivity contribution in [2.24, 2.45) is 0 Å². The van der Waals surface area contributed by atoms with Gasteiger partial charge in [-0.2, -0.15) is 0 Å². The minimum atomic E-state index is -0.372. The number of phenols is 1. The minimum absolute atomic E-state index is 0.0135. The van der Waals surface area contributed by atoms with Crippen LogP contribution in [0.15, 0.2) is 48.3 Å². The average molecular weight is 383 g/mol. The number of hydrogen-bond donors (Lipinski definition) is 1. The highest BCUT2D eigenvalue weighted by Crippen LogP contribution is 2.39. The number of allylic oxidation sites excluding steroid dienone is 3. The zero-order chi connectivity index (χ0) is 20.5. The van der Waals surface area contributed by atoms with Crippen molar-refractivity contribution >= 4 is 11.9 Å². The van der Waals surface area contributed by atoms with Crippen molar-refractivity contribution in [2.75, 3.05) is 21.0 Å². The van der Waals surface area contributed by atoms with Crippen LogP contribution in [0, 0.1) is 0 Å². The predicted octanol–water partition coefficient (Wildman–Crippen LogP) is 4.18. The summed E-state index contributed by atoms with van der Waals surface area (Å²) >= 11 is 0. The number of carbonyl (C=O) groups is 1. The van der Waals surface area contributed by atoms with Crippen LogP contribution in [0.5, 0.6) is 17.2 Å². The van der Waals surface area contributed by atoms with Crippen molar-refractivity contribution in [1.29, 1.82) is 0 Å². The molecule has 1 aromatic carbocycles. The highest BCUT2D eigenvalue weighted by molar-refractivity contribution is 6.11. The Morgan fingerprint density at radius 2 is 1.89 bits per heavy atom. The van der Waals surface area contributed by atoms with Crippen LogP contribution in [0.4, 0.5) is 0 Å². The summed E-state index contributed by atoms with van der Waals surface area (Å²) in [7, 11) is 2.95. The Morgan fingerprint density at radius 1 is 1.18 bits per heavy atom. The van der Waals surface area contributed by atoms with E-state index in [-0.39, 0.29) is 29.6 Å². The molecule has 0 fully saturated rings. The summed E-state index contributed by atoms with van der Waals surface area (Å²) in [6, 6.07) is 5.16. The Morgan fingerprint density at radius 3 is 2.50 bits per heavy atom. The van der Waals surface area contributed by atoms with Crippen LogP contribution in [0.1, 0.15) is 35.3 Å². The molecule has 0 amide bonds. The molecule has 0 radical (unpaired) electrons.